The molecule has 5 heteroatoms. The first-order valence-electron chi connectivity index (χ1n) is 4.70. The van der Waals surface area contributed by atoms with Gasteiger partial charge in [0.15, 0.2) is 0 Å². The van der Waals surface area contributed by atoms with Crippen LogP contribution in [0.25, 0.3) is 0 Å². The molecule has 0 amide bonds. The van der Waals surface area contributed by atoms with E-state index in [0.29, 0.717) is 6.54 Å². The molecule has 1 aliphatic heterocycles. The molecule has 2 rings (SSSR count). The van der Waals surface area contributed by atoms with Crippen LogP contribution < -0.4 is 10.9 Å². The lowest BCUT2D eigenvalue weighted by Gasteiger charge is -2.01. The Kier molecular flexibility index (Phi) is 2.88. The van der Waals surface area contributed by atoms with Crippen LogP contribution in [-0.4, -0.2) is 15.7 Å². The van der Waals surface area contributed by atoms with Gasteiger partial charge in [0.2, 0.25) is 0 Å². The summed E-state index contributed by atoms with van der Waals surface area (Å²) in [5.41, 5.74) is 1.74. The average Bonchev–Trinajstić information content (AvgIpc) is 2.63. The normalized spacial score (nSPS) is 14.4. The number of nitrogens with one attached hydrogen (secondary N) is 2. The van der Waals surface area contributed by atoms with Crippen LogP contribution in [0.2, 0.25) is 0 Å². The van der Waals surface area contributed by atoms with Gasteiger partial charge in [-0.15, -0.1) is 0 Å². The minimum Gasteiger partial charge on any atom is -0.310 e. The van der Waals surface area contributed by atoms with E-state index < -0.39 is 0 Å². The number of hydrogen-bond acceptors (Lipinski definition) is 4. The summed E-state index contributed by atoms with van der Waals surface area (Å²) in [6, 6.07) is 0. The minimum atomic E-state index is 0.0201. The molecule has 1 aromatic rings. The van der Waals surface area contributed by atoms with E-state index in [1.807, 2.05) is 0 Å². The number of aromatic nitrogens is 2. The Balaban J connectivity index is 2.28. The minimum absolute atomic E-state index is 0.0201. The maximum atomic E-state index is 11.6. The quantitative estimate of drug-likeness (QED) is 0.770. The molecule has 1 aromatic heterocycles. The molecule has 0 fully saturated rings. The molecule has 14 heavy (non-hydrogen) atoms. The number of rotatable bonds is 3. The van der Waals surface area contributed by atoms with Crippen LogP contribution in [0.15, 0.2) is 4.79 Å². The molecule has 0 bridgehead atoms. The summed E-state index contributed by atoms with van der Waals surface area (Å²) in [7, 11) is 0. The molecule has 0 saturated heterocycles. The summed E-state index contributed by atoms with van der Waals surface area (Å²) >= 11 is 1.76. The van der Waals surface area contributed by atoms with Crippen molar-refractivity contribution in [3.05, 3.63) is 27.4 Å². The molecule has 2 heterocycles. The van der Waals surface area contributed by atoms with Gasteiger partial charge in [0.25, 0.3) is 5.56 Å². The van der Waals surface area contributed by atoms with Crippen molar-refractivity contribution in [1.29, 1.82) is 0 Å². The summed E-state index contributed by atoms with van der Waals surface area (Å²) in [6.07, 6.45) is 0. The van der Waals surface area contributed by atoms with Crippen molar-refractivity contribution >= 4 is 11.8 Å². The molecule has 0 radical (unpaired) electrons. The Bertz CT molecular complexity index is 388. The van der Waals surface area contributed by atoms with E-state index >= 15 is 0 Å². The smallest absolute Gasteiger partial charge is 0.255 e. The molecular formula is C9H13N3OS. The molecule has 1 aliphatic rings. The van der Waals surface area contributed by atoms with Crippen molar-refractivity contribution in [1.82, 2.24) is 15.3 Å². The number of H-pyrrole nitrogens is 1. The zero-order valence-electron chi connectivity index (χ0n) is 8.09. The molecule has 0 spiro atoms. The third kappa shape index (κ3) is 1.83. The van der Waals surface area contributed by atoms with Crippen LogP contribution in [0.3, 0.4) is 0 Å². The van der Waals surface area contributed by atoms with Gasteiger partial charge in [0.1, 0.15) is 5.82 Å². The van der Waals surface area contributed by atoms with Crippen LogP contribution >= 0.6 is 11.8 Å². The summed E-state index contributed by atoms with van der Waals surface area (Å²) in [5, 5.41) is 3.12. The van der Waals surface area contributed by atoms with Gasteiger partial charge in [-0.3, -0.25) is 4.79 Å². The van der Waals surface area contributed by atoms with Crippen molar-refractivity contribution < 1.29 is 0 Å². The molecule has 4 nitrogen and oxygen atoms in total. The molecular weight excluding hydrogens is 198 g/mol. The fourth-order valence-electron chi connectivity index (χ4n) is 1.50. The van der Waals surface area contributed by atoms with Gasteiger partial charge in [-0.05, 0) is 5.75 Å². The Morgan fingerprint density at radius 1 is 1.50 bits per heavy atom. The van der Waals surface area contributed by atoms with Crippen LogP contribution in [0.4, 0.5) is 0 Å². The lowest BCUT2D eigenvalue weighted by atomic mass is 10.3. The lowest BCUT2D eigenvalue weighted by molar-refractivity contribution is 0.756. The fourth-order valence-corrected chi connectivity index (χ4v) is 2.03. The van der Waals surface area contributed by atoms with E-state index in [9.17, 15) is 4.79 Å². The Hall–Kier alpha value is -0.810. The van der Waals surface area contributed by atoms with Gasteiger partial charge < -0.3 is 10.3 Å². The standard InChI is InChI=1S/C9H13N3OS/c1-2-14-5-8-11-7-4-10-3-6(7)9(13)12-8/h10H,2-5H2,1H3,(H,11,12,13). The van der Waals surface area contributed by atoms with Crippen LogP contribution in [0.1, 0.15) is 24.0 Å². The predicted octanol–water partition coefficient (Wildman–Crippen LogP) is 0.626. The topological polar surface area (TPSA) is 57.8 Å². The van der Waals surface area contributed by atoms with E-state index in [1.165, 1.54) is 0 Å². The lowest BCUT2D eigenvalue weighted by Crippen LogP contribution is -2.17. The maximum Gasteiger partial charge on any atom is 0.255 e. The third-order valence-corrected chi connectivity index (χ3v) is 3.07. The van der Waals surface area contributed by atoms with Crippen molar-refractivity contribution in [3.63, 3.8) is 0 Å². The van der Waals surface area contributed by atoms with Gasteiger partial charge in [-0.1, -0.05) is 6.92 Å². The van der Waals surface area contributed by atoms with Crippen LogP contribution in [0.5, 0.6) is 0 Å². The largest absolute Gasteiger partial charge is 0.310 e. The SMILES string of the molecule is CCSCc1nc2c(c(=O)[nH]1)CNC2. The van der Waals surface area contributed by atoms with Crippen LogP contribution in [0, 0.1) is 0 Å². The third-order valence-electron chi connectivity index (χ3n) is 2.19. The summed E-state index contributed by atoms with van der Waals surface area (Å²) in [5.74, 6) is 2.63. The van der Waals surface area contributed by atoms with Crippen molar-refractivity contribution in [2.75, 3.05) is 5.75 Å². The average molecular weight is 211 g/mol. The Labute approximate surface area is 86.5 Å². The number of thioether (sulfide) groups is 1. The fraction of sp³-hybridized carbons (Fsp3) is 0.556. The highest BCUT2D eigenvalue weighted by Gasteiger charge is 2.15. The molecule has 0 atom stereocenters. The molecule has 2 N–H and O–H groups in total. The Morgan fingerprint density at radius 3 is 3.14 bits per heavy atom. The molecule has 0 unspecified atom stereocenters. The number of fused-ring (bicyclic) bond motifs is 1. The number of nitrogens with zero attached hydrogens (tertiary/aromatic N) is 1. The van der Waals surface area contributed by atoms with E-state index in [0.717, 1.165) is 35.1 Å². The predicted molar refractivity (Wildman–Crippen MR) is 57.2 cm³/mol. The van der Waals surface area contributed by atoms with E-state index in [4.69, 9.17) is 0 Å². The van der Waals surface area contributed by atoms with Gasteiger partial charge in [0, 0.05) is 13.1 Å². The number of aromatic amines is 1. The Morgan fingerprint density at radius 2 is 2.36 bits per heavy atom. The monoisotopic (exact) mass is 211 g/mol. The van der Waals surface area contributed by atoms with Gasteiger partial charge in [-0.2, -0.15) is 11.8 Å². The molecule has 0 saturated carbocycles. The van der Waals surface area contributed by atoms with E-state index in [-0.39, 0.29) is 5.56 Å². The highest BCUT2D eigenvalue weighted by molar-refractivity contribution is 7.98. The molecule has 0 aromatic carbocycles. The zero-order chi connectivity index (χ0) is 9.97. The van der Waals surface area contributed by atoms with Gasteiger partial charge in [-0.25, -0.2) is 4.98 Å². The van der Waals surface area contributed by atoms with Crippen LogP contribution in [-0.2, 0) is 18.8 Å². The maximum absolute atomic E-state index is 11.6. The second-order valence-electron chi connectivity index (χ2n) is 3.18. The molecule has 0 aliphatic carbocycles. The second-order valence-corrected chi connectivity index (χ2v) is 4.45. The van der Waals surface area contributed by atoms with Crippen molar-refractivity contribution in [3.8, 4) is 0 Å². The summed E-state index contributed by atoms with van der Waals surface area (Å²) in [6.45, 7) is 3.47. The van der Waals surface area contributed by atoms with Crippen molar-refractivity contribution in [2.24, 2.45) is 0 Å². The zero-order valence-corrected chi connectivity index (χ0v) is 8.91. The summed E-state index contributed by atoms with van der Waals surface area (Å²) in [4.78, 5) is 18.8. The van der Waals surface area contributed by atoms with Crippen molar-refractivity contribution in [2.45, 2.75) is 25.8 Å². The highest BCUT2D eigenvalue weighted by Crippen LogP contribution is 2.11. The first-order valence-corrected chi connectivity index (χ1v) is 5.86. The molecule has 76 valence electrons. The van der Waals surface area contributed by atoms with Gasteiger partial charge in [0.05, 0.1) is 17.0 Å². The van der Waals surface area contributed by atoms with E-state index in [2.05, 4.69) is 22.2 Å². The number of hydrogen-bond donors (Lipinski definition) is 2. The first kappa shape index (κ1) is 9.73. The second kappa shape index (κ2) is 4.14. The first-order chi connectivity index (χ1) is 6.81. The van der Waals surface area contributed by atoms with Gasteiger partial charge >= 0.3 is 0 Å². The summed E-state index contributed by atoms with van der Waals surface area (Å²) < 4.78 is 0. The highest BCUT2D eigenvalue weighted by atomic mass is 32.2. The van der Waals surface area contributed by atoms with E-state index in [1.54, 1.807) is 11.8 Å².